The molecule has 0 aliphatic heterocycles. The van der Waals surface area contributed by atoms with Crippen molar-refractivity contribution in [2.24, 2.45) is 18.7 Å². The van der Waals surface area contributed by atoms with Crippen LogP contribution in [-0.2, 0) is 11.8 Å². The quantitative estimate of drug-likeness (QED) is 0.871. The molecule has 136 valence electrons. The maximum absolute atomic E-state index is 12.4. The zero-order valence-corrected chi connectivity index (χ0v) is 15.7. The van der Waals surface area contributed by atoms with Crippen LogP contribution in [0.3, 0.4) is 0 Å². The number of carbonyl (C=O) groups is 1. The van der Waals surface area contributed by atoms with E-state index in [9.17, 15) is 4.79 Å². The average molecular weight is 363 g/mol. The van der Waals surface area contributed by atoms with Crippen molar-refractivity contribution in [1.82, 2.24) is 9.55 Å². The number of hydrogen-bond acceptors (Lipinski definition) is 3. The topological polar surface area (TPSA) is 72.9 Å². The van der Waals surface area contributed by atoms with E-state index >= 15 is 0 Å². The SMILES string of the molecule is Cc1ncn(C)c1-c1ccc(NC(=O)C(N)C2CCCCC2)cc1.Cl. The summed E-state index contributed by atoms with van der Waals surface area (Å²) in [7, 11) is 1.98. The van der Waals surface area contributed by atoms with Crippen molar-refractivity contribution in [3.8, 4) is 11.3 Å². The molecule has 25 heavy (non-hydrogen) atoms. The maximum Gasteiger partial charge on any atom is 0.241 e. The molecule has 1 heterocycles. The summed E-state index contributed by atoms with van der Waals surface area (Å²) in [5, 5.41) is 2.95. The molecule has 1 fully saturated rings. The third-order valence-electron chi connectivity index (χ3n) is 5.01. The summed E-state index contributed by atoms with van der Waals surface area (Å²) in [4.78, 5) is 16.7. The number of nitrogens with one attached hydrogen (secondary N) is 1. The lowest BCUT2D eigenvalue weighted by molar-refractivity contribution is -0.118. The van der Waals surface area contributed by atoms with Crippen molar-refractivity contribution in [2.45, 2.75) is 45.1 Å². The Morgan fingerprint density at radius 1 is 1.24 bits per heavy atom. The van der Waals surface area contributed by atoms with Gasteiger partial charge in [-0.1, -0.05) is 31.4 Å². The van der Waals surface area contributed by atoms with Crippen molar-refractivity contribution in [3.05, 3.63) is 36.3 Å². The number of nitrogens with two attached hydrogens (primary N) is 1. The standard InChI is InChI=1S/C19H26N4O.ClH/c1-13-18(23(2)12-21-13)15-8-10-16(11-9-15)22-19(24)17(20)14-6-4-3-5-7-14;/h8-12,14,17H,3-7,20H2,1-2H3,(H,22,24);1H. The second-order valence-electron chi connectivity index (χ2n) is 6.78. The fourth-order valence-electron chi connectivity index (χ4n) is 3.60. The summed E-state index contributed by atoms with van der Waals surface area (Å²) < 4.78 is 2.00. The van der Waals surface area contributed by atoms with Crippen LogP contribution in [0.1, 0.15) is 37.8 Å². The Morgan fingerprint density at radius 2 is 1.88 bits per heavy atom. The van der Waals surface area contributed by atoms with Crippen molar-refractivity contribution in [2.75, 3.05) is 5.32 Å². The Hall–Kier alpha value is -1.85. The highest BCUT2D eigenvalue weighted by Gasteiger charge is 2.26. The Balaban J connectivity index is 0.00000225. The minimum Gasteiger partial charge on any atom is -0.334 e. The van der Waals surface area contributed by atoms with E-state index in [1.165, 1.54) is 19.3 Å². The van der Waals surface area contributed by atoms with Gasteiger partial charge in [-0.3, -0.25) is 4.79 Å². The zero-order chi connectivity index (χ0) is 17.1. The van der Waals surface area contributed by atoms with Gasteiger partial charge in [-0.05, 0) is 37.8 Å². The van der Waals surface area contributed by atoms with E-state index in [1.54, 1.807) is 0 Å². The third-order valence-corrected chi connectivity index (χ3v) is 5.01. The lowest BCUT2D eigenvalue weighted by atomic mass is 9.84. The normalized spacial score (nSPS) is 16.1. The summed E-state index contributed by atoms with van der Waals surface area (Å²) in [6.07, 6.45) is 7.57. The molecule has 2 aromatic rings. The van der Waals surface area contributed by atoms with Crippen LogP contribution in [0.5, 0.6) is 0 Å². The first-order chi connectivity index (χ1) is 11.6. The molecule has 0 bridgehead atoms. The number of imidazole rings is 1. The second-order valence-corrected chi connectivity index (χ2v) is 6.78. The van der Waals surface area contributed by atoms with Crippen LogP contribution >= 0.6 is 12.4 Å². The molecule has 0 radical (unpaired) electrons. The van der Waals surface area contributed by atoms with Gasteiger partial charge in [0.2, 0.25) is 5.91 Å². The van der Waals surface area contributed by atoms with Crippen LogP contribution in [-0.4, -0.2) is 21.5 Å². The summed E-state index contributed by atoms with van der Waals surface area (Å²) in [5.74, 6) is 0.237. The Morgan fingerprint density at radius 3 is 2.44 bits per heavy atom. The molecule has 3 rings (SSSR count). The number of carbonyl (C=O) groups excluding carboxylic acids is 1. The van der Waals surface area contributed by atoms with Crippen LogP contribution < -0.4 is 11.1 Å². The smallest absolute Gasteiger partial charge is 0.241 e. The van der Waals surface area contributed by atoms with Crippen molar-refractivity contribution in [1.29, 1.82) is 0 Å². The number of aromatic nitrogens is 2. The van der Waals surface area contributed by atoms with Crippen LogP contribution in [0.4, 0.5) is 5.69 Å². The highest BCUT2D eigenvalue weighted by atomic mass is 35.5. The predicted octanol–water partition coefficient (Wildman–Crippen LogP) is 3.66. The fourth-order valence-corrected chi connectivity index (χ4v) is 3.60. The van der Waals surface area contributed by atoms with Gasteiger partial charge in [-0.2, -0.15) is 0 Å². The summed E-state index contributed by atoms with van der Waals surface area (Å²) in [6, 6.07) is 7.45. The number of nitrogens with zero attached hydrogens (tertiary/aromatic N) is 2. The summed E-state index contributed by atoms with van der Waals surface area (Å²) >= 11 is 0. The maximum atomic E-state index is 12.4. The lowest BCUT2D eigenvalue weighted by Crippen LogP contribution is -2.42. The van der Waals surface area contributed by atoms with Gasteiger partial charge in [0.15, 0.2) is 0 Å². The molecule has 1 unspecified atom stereocenters. The summed E-state index contributed by atoms with van der Waals surface area (Å²) in [5.41, 5.74) is 10.1. The minimum atomic E-state index is -0.413. The first-order valence-corrected chi connectivity index (χ1v) is 8.71. The average Bonchev–Trinajstić information content (AvgIpc) is 2.94. The van der Waals surface area contributed by atoms with Gasteiger partial charge in [-0.25, -0.2) is 4.98 Å². The molecule has 1 aromatic heterocycles. The van der Waals surface area contributed by atoms with Gasteiger partial charge in [-0.15, -0.1) is 12.4 Å². The highest BCUT2D eigenvalue weighted by molar-refractivity contribution is 5.95. The Labute approximate surface area is 155 Å². The zero-order valence-electron chi connectivity index (χ0n) is 14.9. The predicted molar refractivity (Wildman–Crippen MR) is 104 cm³/mol. The van der Waals surface area contributed by atoms with Gasteiger partial charge in [0.05, 0.1) is 23.8 Å². The van der Waals surface area contributed by atoms with Gasteiger partial charge < -0.3 is 15.6 Å². The molecule has 1 atom stereocenters. The Kier molecular flexibility index (Phi) is 6.62. The molecule has 0 spiro atoms. The molecule has 6 heteroatoms. The molecule has 3 N–H and O–H groups in total. The van der Waals surface area contributed by atoms with E-state index in [1.807, 2.05) is 49.1 Å². The van der Waals surface area contributed by atoms with Gasteiger partial charge >= 0.3 is 0 Å². The van der Waals surface area contributed by atoms with E-state index in [0.717, 1.165) is 35.5 Å². The van der Waals surface area contributed by atoms with Gasteiger partial charge in [0, 0.05) is 18.3 Å². The first kappa shape index (κ1) is 19.5. The van der Waals surface area contributed by atoms with Crippen LogP contribution in [0.2, 0.25) is 0 Å². The number of benzene rings is 1. The van der Waals surface area contributed by atoms with Crippen LogP contribution in [0.15, 0.2) is 30.6 Å². The van der Waals surface area contributed by atoms with Gasteiger partial charge in [0.25, 0.3) is 0 Å². The van der Waals surface area contributed by atoms with E-state index in [-0.39, 0.29) is 18.3 Å². The number of amides is 1. The largest absolute Gasteiger partial charge is 0.334 e. The molecule has 0 saturated heterocycles. The minimum absolute atomic E-state index is 0. The van der Waals surface area contributed by atoms with E-state index in [0.29, 0.717) is 5.92 Å². The molecular weight excluding hydrogens is 336 g/mol. The molecule has 5 nitrogen and oxygen atoms in total. The van der Waals surface area contributed by atoms with Crippen molar-refractivity contribution in [3.63, 3.8) is 0 Å². The number of aryl methyl sites for hydroxylation is 2. The third kappa shape index (κ3) is 4.41. The number of halogens is 1. The van der Waals surface area contributed by atoms with Crippen molar-refractivity contribution >= 4 is 24.0 Å². The van der Waals surface area contributed by atoms with E-state index in [4.69, 9.17) is 5.73 Å². The molecule has 1 aliphatic carbocycles. The second kappa shape index (κ2) is 8.50. The molecular formula is C19H27ClN4O. The molecule has 1 aromatic carbocycles. The van der Waals surface area contributed by atoms with E-state index in [2.05, 4.69) is 10.3 Å². The van der Waals surface area contributed by atoms with Crippen LogP contribution in [0, 0.1) is 12.8 Å². The number of anilines is 1. The van der Waals surface area contributed by atoms with Gasteiger partial charge in [0.1, 0.15) is 0 Å². The van der Waals surface area contributed by atoms with E-state index < -0.39 is 6.04 Å². The number of hydrogen-bond donors (Lipinski definition) is 2. The first-order valence-electron chi connectivity index (χ1n) is 8.71. The highest BCUT2D eigenvalue weighted by Crippen LogP contribution is 2.27. The monoisotopic (exact) mass is 362 g/mol. The lowest BCUT2D eigenvalue weighted by Gasteiger charge is -2.26. The Bertz CT molecular complexity index is 685. The van der Waals surface area contributed by atoms with Crippen LogP contribution in [0.25, 0.3) is 11.3 Å². The molecule has 1 amide bonds. The summed E-state index contributed by atoms with van der Waals surface area (Å²) in [6.45, 7) is 1.99. The van der Waals surface area contributed by atoms with Crippen molar-refractivity contribution < 1.29 is 4.79 Å². The fraction of sp³-hybridized carbons (Fsp3) is 0.474. The number of rotatable bonds is 4. The molecule has 1 aliphatic rings. The molecule has 1 saturated carbocycles.